The minimum Gasteiger partial charge on any atom is -0.459 e. The van der Waals surface area contributed by atoms with E-state index >= 15 is 0 Å². The van der Waals surface area contributed by atoms with E-state index in [4.69, 9.17) is 4.74 Å². The van der Waals surface area contributed by atoms with Gasteiger partial charge in [-0.1, -0.05) is 31.2 Å². The van der Waals surface area contributed by atoms with Crippen LogP contribution in [0.4, 0.5) is 0 Å². The Morgan fingerprint density at radius 3 is 2.42 bits per heavy atom. The van der Waals surface area contributed by atoms with Gasteiger partial charge in [0.1, 0.15) is 5.60 Å². The number of ether oxygens (including phenoxy) is 1. The molecule has 0 radical (unpaired) electrons. The minimum atomic E-state index is -1.12. The molecule has 0 bridgehead atoms. The Balaban J connectivity index is 2.64. The SMILES string of the molecule is CCC(=O)[C@@]1(c2ccccc2C)CC(C)(C)OC1=O. The van der Waals surface area contributed by atoms with E-state index in [9.17, 15) is 9.59 Å². The molecular weight excluding hydrogens is 240 g/mol. The first kappa shape index (κ1) is 13.8. The van der Waals surface area contributed by atoms with Crippen LogP contribution in [0.15, 0.2) is 24.3 Å². The summed E-state index contributed by atoms with van der Waals surface area (Å²) >= 11 is 0. The van der Waals surface area contributed by atoms with Gasteiger partial charge >= 0.3 is 5.97 Å². The van der Waals surface area contributed by atoms with Crippen LogP contribution in [0.25, 0.3) is 0 Å². The number of hydrogen-bond donors (Lipinski definition) is 0. The second-order valence-electron chi connectivity index (χ2n) is 5.82. The van der Waals surface area contributed by atoms with Gasteiger partial charge < -0.3 is 4.74 Å². The highest BCUT2D eigenvalue weighted by atomic mass is 16.6. The molecular formula is C16H20O3. The monoisotopic (exact) mass is 260 g/mol. The molecule has 0 spiro atoms. The lowest BCUT2D eigenvalue weighted by Crippen LogP contribution is -2.41. The number of hydrogen-bond acceptors (Lipinski definition) is 3. The highest BCUT2D eigenvalue weighted by Gasteiger charge is 2.58. The van der Waals surface area contributed by atoms with Gasteiger partial charge in [-0.2, -0.15) is 0 Å². The van der Waals surface area contributed by atoms with Gasteiger partial charge in [-0.15, -0.1) is 0 Å². The van der Waals surface area contributed by atoms with Crippen LogP contribution in [0.2, 0.25) is 0 Å². The number of ketones is 1. The van der Waals surface area contributed by atoms with E-state index < -0.39 is 17.0 Å². The molecule has 0 amide bonds. The van der Waals surface area contributed by atoms with Gasteiger partial charge in [-0.25, -0.2) is 0 Å². The Morgan fingerprint density at radius 2 is 1.95 bits per heavy atom. The minimum absolute atomic E-state index is 0.0580. The lowest BCUT2D eigenvalue weighted by atomic mass is 9.70. The third-order valence-electron chi connectivity index (χ3n) is 3.81. The number of cyclic esters (lactones) is 1. The van der Waals surface area contributed by atoms with Crippen molar-refractivity contribution in [2.75, 3.05) is 0 Å². The maximum Gasteiger partial charge on any atom is 0.324 e. The average molecular weight is 260 g/mol. The number of aryl methyl sites for hydroxylation is 1. The summed E-state index contributed by atoms with van der Waals surface area (Å²) in [6, 6.07) is 7.57. The van der Waals surface area contributed by atoms with Gasteiger partial charge in [0.05, 0.1) is 0 Å². The van der Waals surface area contributed by atoms with Crippen LogP contribution >= 0.6 is 0 Å². The van der Waals surface area contributed by atoms with Crippen LogP contribution in [0.5, 0.6) is 0 Å². The lowest BCUT2D eigenvalue weighted by molar-refractivity contribution is -0.151. The first-order chi connectivity index (χ1) is 8.83. The molecule has 3 heteroatoms. The van der Waals surface area contributed by atoms with Crippen LogP contribution in [0.1, 0.15) is 44.7 Å². The topological polar surface area (TPSA) is 43.4 Å². The van der Waals surface area contributed by atoms with Gasteiger partial charge in [0.25, 0.3) is 0 Å². The molecule has 0 aliphatic carbocycles. The van der Waals surface area contributed by atoms with E-state index in [0.29, 0.717) is 12.8 Å². The molecule has 1 aromatic carbocycles. The predicted octanol–water partition coefficient (Wildman–Crippen LogP) is 2.94. The van der Waals surface area contributed by atoms with Crippen molar-refractivity contribution in [3.63, 3.8) is 0 Å². The normalized spacial score (nSPS) is 25.2. The van der Waals surface area contributed by atoms with Crippen molar-refractivity contribution in [1.29, 1.82) is 0 Å². The number of esters is 1. The molecule has 19 heavy (non-hydrogen) atoms. The zero-order chi connectivity index (χ0) is 14.3. The summed E-state index contributed by atoms with van der Waals surface area (Å²) < 4.78 is 5.44. The number of benzene rings is 1. The van der Waals surface area contributed by atoms with E-state index in [2.05, 4.69) is 0 Å². The molecule has 1 aliphatic rings. The molecule has 1 aromatic rings. The number of rotatable bonds is 3. The Morgan fingerprint density at radius 1 is 1.32 bits per heavy atom. The van der Waals surface area contributed by atoms with Gasteiger partial charge in [0.2, 0.25) is 0 Å². The van der Waals surface area contributed by atoms with E-state index in [-0.39, 0.29) is 5.78 Å². The maximum atomic E-state index is 12.5. The molecule has 1 heterocycles. The number of carbonyl (C=O) groups is 2. The fourth-order valence-electron chi connectivity index (χ4n) is 3.01. The fraction of sp³-hybridized carbons (Fsp3) is 0.500. The van der Waals surface area contributed by atoms with Gasteiger partial charge in [0, 0.05) is 12.8 Å². The van der Waals surface area contributed by atoms with Crippen LogP contribution in [0.3, 0.4) is 0 Å². The zero-order valence-electron chi connectivity index (χ0n) is 11.9. The van der Waals surface area contributed by atoms with Crippen LogP contribution < -0.4 is 0 Å². The first-order valence-corrected chi connectivity index (χ1v) is 6.66. The van der Waals surface area contributed by atoms with Crippen molar-refractivity contribution in [3.8, 4) is 0 Å². The zero-order valence-corrected chi connectivity index (χ0v) is 11.9. The van der Waals surface area contributed by atoms with Crippen LogP contribution in [0, 0.1) is 6.92 Å². The fourth-order valence-corrected chi connectivity index (χ4v) is 3.01. The molecule has 0 aromatic heterocycles. The summed E-state index contributed by atoms with van der Waals surface area (Å²) in [5.74, 6) is -0.462. The standard InChI is InChI=1S/C16H20O3/c1-5-13(17)16(10-15(3,4)19-14(16)18)12-9-7-6-8-11(12)2/h6-9H,5,10H2,1-4H3/t16-/m0/s1. The average Bonchev–Trinajstić information content (AvgIpc) is 2.59. The highest BCUT2D eigenvalue weighted by Crippen LogP contribution is 2.45. The van der Waals surface area contributed by atoms with E-state index in [1.54, 1.807) is 6.92 Å². The van der Waals surface area contributed by atoms with Gasteiger partial charge in [-0.3, -0.25) is 9.59 Å². The first-order valence-electron chi connectivity index (χ1n) is 6.66. The Hall–Kier alpha value is -1.64. The summed E-state index contributed by atoms with van der Waals surface area (Å²) in [5, 5.41) is 0. The van der Waals surface area contributed by atoms with Crippen molar-refractivity contribution in [2.24, 2.45) is 0 Å². The molecule has 1 aliphatic heterocycles. The molecule has 0 N–H and O–H groups in total. The van der Waals surface area contributed by atoms with Crippen LogP contribution in [-0.4, -0.2) is 17.4 Å². The van der Waals surface area contributed by atoms with E-state index in [1.807, 2.05) is 45.0 Å². The number of carbonyl (C=O) groups excluding carboxylic acids is 2. The summed E-state index contributed by atoms with van der Waals surface area (Å²) in [4.78, 5) is 24.9. The van der Waals surface area contributed by atoms with Crippen molar-refractivity contribution in [1.82, 2.24) is 0 Å². The largest absolute Gasteiger partial charge is 0.459 e. The van der Waals surface area contributed by atoms with E-state index in [1.165, 1.54) is 0 Å². The molecule has 1 atom stereocenters. The molecule has 3 nitrogen and oxygen atoms in total. The second kappa shape index (κ2) is 4.48. The number of Topliss-reactive ketones (excluding diaryl/α,β-unsaturated/α-hetero) is 1. The Kier molecular flexibility index (Phi) is 3.25. The van der Waals surface area contributed by atoms with Gasteiger partial charge in [0.15, 0.2) is 11.2 Å². The smallest absolute Gasteiger partial charge is 0.324 e. The lowest BCUT2D eigenvalue weighted by Gasteiger charge is -2.26. The predicted molar refractivity (Wildman–Crippen MR) is 72.9 cm³/mol. The van der Waals surface area contributed by atoms with Crippen molar-refractivity contribution in [2.45, 2.75) is 51.6 Å². The second-order valence-corrected chi connectivity index (χ2v) is 5.82. The molecule has 1 fully saturated rings. The molecule has 0 saturated carbocycles. The molecule has 2 rings (SSSR count). The van der Waals surface area contributed by atoms with Gasteiger partial charge in [-0.05, 0) is 31.9 Å². The van der Waals surface area contributed by atoms with E-state index in [0.717, 1.165) is 11.1 Å². The highest BCUT2D eigenvalue weighted by molar-refractivity contribution is 6.11. The molecule has 0 unspecified atom stereocenters. The summed E-state index contributed by atoms with van der Waals surface area (Å²) in [7, 11) is 0. The maximum absolute atomic E-state index is 12.5. The quantitative estimate of drug-likeness (QED) is 0.620. The third kappa shape index (κ3) is 2.07. The van der Waals surface area contributed by atoms with Crippen molar-refractivity contribution < 1.29 is 14.3 Å². The van der Waals surface area contributed by atoms with Crippen molar-refractivity contribution in [3.05, 3.63) is 35.4 Å². The summed E-state index contributed by atoms with van der Waals surface area (Å²) in [5.41, 5.74) is 0.0321. The summed E-state index contributed by atoms with van der Waals surface area (Å²) in [6.45, 7) is 7.43. The van der Waals surface area contributed by atoms with Crippen molar-refractivity contribution >= 4 is 11.8 Å². The Labute approximate surface area is 114 Å². The molecule has 1 saturated heterocycles. The summed E-state index contributed by atoms with van der Waals surface area (Å²) in [6.07, 6.45) is 0.746. The Bertz CT molecular complexity index is 531. The third-order valence-corrected chi connectivity index (χ3v) is 3.81. The van der Waals surface area contributed by atoms with Crippen LogP contribution in [-0.2, 0) is 19.7 Å². The molecule has 102 valence electrons.